The fraction of sp³-hybridized carbons (Fsp3) is 0.286. The third kappa shape index (κ3) is 4.00. The number of benzene rings is 1. The second-order valence-electron chi connectivity index (χ2n) is 4.01. The van der Waals surface area contributed by atoms with Gasteiger partial charge in [-0.05, 0) is 30.8 Å². The Kier molecular flexibility index (Phi) is 5.31. The van der Waals surface area contributed by atoms with E-state index in [1.165, 1.54) is 0 Å². The molecule has 5 heteroatoms. The highest BCUT2D eigenvalue weighted by Gasteiger charge is 2.08. The van der Waals surface area contributed by atoms with E-state index in [2.05, 4.69) is 28.2 Å². The van der Waals surface area contributed by atoms with Crippen molar-refractivity contribution in [3.8, 4) is 5.75 Å². The second kappa shape index (κ2) is 6.98. The van der Waals surface area contributed by atoms with Gasteiger partial charge < -0.3 is 14.5 Å². The minimum Gasteiger partial charge on any atom is -0.484 e. The van der Waals surface area contributed by atoms with Gasteiger partial charge >= 0.3 is 0 Å². The van der Waals surface area contributed by atoms with Crippen molar-refractivity contribution in [2.75, 3.05) is 6.54 Å². The van der Waals surface area contributed by atoms with E-state index < -0.39 is 0 Å². The molecule has 0 spiro atoms. The van der Waals surface area contributed by atoms with E-state index in [-0.39, 0.29) is 0 Å². The van der Waals surface area contributed by atoms with Crippen LogP contribution in [-0.4, -0.2) is 6.54 Å². The SMILES string of the molecule is CCNCc1ccoc1COc1cc(Br)ccc1Cl. The lowest BCUT2D eigenvalue weighted by molar-refractivity contribution is 0.268. The van der Waals surface area contributed by atoms with E-state index in [0.717, 1.165) is 28.9 Å². The number of ether oxygens (including phenoxy) is 1. The molecule has 1 aromatic carbocycles. The molecule has 0 aliphatic rings. The minimum absolute atomic E-state index is 0.365. The summed E-state index contributed by atoms with van der Waals surface area (Å²) in [4.78, 5) is 0. The molecular weight excluding hydrogens is 330 g/mol. The van der Waals surface area contributed by atoms with Crippen LogP contribution in [0.15, 0.2) is 39.4 Å². The first-order chi connectivity index (χ1) is 9.20. The van der Waals surface area contributed by atoms with Crippen molar-refractivity contribution in [1.29, 1.82) is 0 Å². The standard InChI is InChI=1S/C14H15BrClNO2/c1-2-17-8-10-5-6-18-14(10)9-19-13-7-11(15)3-4-12(13)16/h3-7,17H,2,8-9H2,1H3. The molecule has 0 amide bonds. The molecule has 1 aromatic heterocycles. The Hall–Kier alpha value is -0.970. The molecule has 1 heterocycles. The van der Waals surface area contributed by atoms with Crippen LogP contribution in [0.4, 0.5) is 0 Å². The number of furan rings is 1. The third-order valence-corrected chi connectivity index (χ3v) is 3.46. The molecule has 0 bridgehead atoms. The number of hydrogen-bond acceptors (Lipinski definition) is 3. The lowest BCUT2D eigenvalue weighted by Gasteiger charge is -2.08. The van der Waals surface area contributed by atoms with E-state index >= 15 is 0 Å². The lowest BCUT2D eigenvalue weighted by atomic mass is 10.2. The first-order valence-corrected chi connectivity index (χ1v) is 7.21. The summed E-state index contributed by atoms with van der Waals surface area (Å²) in [7, 11) is 0. The first-order valence-electron chi connectivity index (χ1n) is 6.04. The van der Waals surface area contributed by atoms with Crippen LogP contribution in [0.3, 0.4) is 0 Å². The second-order valence-corrected chi connectivity index (χ2v) is 5.34. The van der Waals surface area contributed by atoms with Gasteiger partial charge in [-0.1, -0.05) is 34.5 Å². The number of rotatable bonds is 6. The Labute approximate surface area is 126 Å². The van der Waals surface area contributed by atoms with Gasteiger partial charge in [0, 0.05) is 16.6 Å². The highest BCUT2D eigenvalue weighted by atomic mass is 79.9. The molecule has 0 aliphatic carbocycles. The van der Waals surface area contributed by atoms with Gasteiger partial charge in [0.1, 0.15) is 18.1 Å². The van der Waals surface area contributed by atoms with E-state index in [1.54, 1.807) is 12.3 Å². The summed E-state index contributed by atoms with van der Waals surface area (Å²) in [5.41, 5.74) is 1.10. The lowest BCUT2D eigenvalue weighted by Crippen LogP contribution is -2.12. The van der Waals surface area contributed by atoms with Crippen LogP contribution < -0.4 is 10.1 Å². The van der Waals surface area contributed by atoms with E-state index in [4.69, 9.17) is 20.8 Å². The van der Waals surface area contributed by atoms with Gasteiger partial charge in [0.05, 0.1) is 11.3 Å². The van der Waals surface area contributed by atoms with Crippen LogP contribution in [0, 0.1) is 0 Å². The topological polar surface area (TPSA) is 34.4 Å². The Morgan fingerprint density at radius 3 is 3.00 bits per heavy atom. The average molecular weight is 345 g/mol. The quantitative estimate of drug-likeness (QED) is 0.844. The Bertz CT molecular complexity index is 542. The zero-order chi connectivity index (χ0) is 13.7. The molecule has 3 nitrogen and oxygen atoms in total. The molecular formula is C14H15BrClNO2. The van der Waals surface area contributed by atoms with Gasteiger partial charge in [-0.25, -0.2) is 0 Å². The van der Waals surface area contributed by atoms with Crippen molar-refractivity contribution in [2.24, 2.45) is 0 Å². The summed E-state index contributed by atoms with van der Waals surface area (Å²) < 4.78 is 12.1. The largest absolute Gasteiger partial charge is 0.484 e. The van der Waals surface area contributed by atoms with Crippen molar-refractivity contribution in [2.45, 2.75) is 20.1 Å². The maximum absolute atomic E-state index is 6.07. The summed E-state index contributed by atoms with van der Waals surface area (Å²) in [6, 6.07) is 7.46. The molecule has 0 aliphatic heterocycles. The molecule has 0 atom stereocenters. The summed E-state index contributed by atoms with van der Waals surface area (Å²) >= 11 is 9.46. The van der Waals surface area contributed by atoms with Crippen LogP contribution in [-0.2, 0) is 13.2 Å². The molecule has 0 radical (unpaired) electrons. The van der Waals surface area contributed by atoms with Gasteiger partial charge in [0.15, 0.2) is 0 Å². The van der Waals surface area contributed by atoms with Crippen molar-refractivity contribution >= 4 is 27.5 Å². The molecule has 0 saturated heterocycles. The number of hydrogen-bond donors (Lipinski definition) is 1. The van der Waals surface area contributed by atoms with E-state index in [9.17, 15) is 0 Å². The Morgan fingerprint density at radius 2 is 2.21 bits per heavy atom. The van der Waals surface area contributed by atoms with Crippen LogP contribution in [0.25, 0.3) is 0 Å². The molecule has 102 valence electrons. The maximum atomic E-state index is 6.07. The van der Waals surface area contributed by atoms with Crippen molar-refractivity contribution in [1.82, 2.24) is 5.32 Å². The predicted octanol–water partition coefficient (Wildman–Crippen LogP) is 4.38. The monoisotopic (exact) mass is 343 g/mol. The molecule has 2 aromatic rings. The fourth-order valence-corrected chi connectivity index (χ4v) is 2.15. The number of halogens is 2. The van der Waals surface area contributed by atoms with Crippen LogP contribution in [0.5, 0.6) is 5.75 Å². The van der Waals surface area contributed by atoms with Crippen LogP contribution >= 0.6 is 27.5 Å². The summed E-state index contributed by atoms with van der Waals surface area (Å²) in [6.45, 7) is 4.13. The molecule has 0 saturated carbocycles. The first kappa shape index (κ1) is 14.4. The zero-order valence-electron chi connectivity index (χ0n) is 10.6. The third-order valence-electron chi connectivity index (χ3n) is 2.66. The molecule has 2 rings (SSSR count). The van der Waals surface area contributed by atoms with E-state index in [0.29, 0.717) is 17.4 Å². The molecule has 0 fully saturated rings. The Morgan fingerprint density at radius 1 is 1.37 bits per heavy atom. The summed E-state index contributed by atoms with van der Waals surface area (Å²) in [5.74, 6) is 1.46. The van der Waals surface area contributed by atoms with Crippen molar-refractivity contribution in [3.05, 3.63) is 51.3 Å². The summed E-state index contributed by atoms with van der Waals surface area (Å²) in [5, 5.41) is 3.85. The van der Waals surface area contributed by atoms with Gasteiger partial charge in [-0.15, -0.1) is 0 Å². The van der Waals surface area contributed by atoms with E-state index in [1.807, 2.05) is 18.2 Å². The van der Waals surface area contributed by atoms with Crippen molar-refractivity contribution in [3.63, 3.8) is 0 Å². The Balaban J connectivity index is 2.02. The molecule has 19 heavy (non-hydrogen) atoms. The molecule has 1 N–H and O–H groups in total. The smallest absolute Gasteiger partial charge is 0.146 e. The normalized spacial score (nSPS) is 10.7. The maximum Gasteiger partial charge on any atom is 0.146 e. The minimum atomic E-state index is 0.365. The number of nitrogens with one attached hydrogen (secondary N) is 1. The highest BCUT2D eigenvalue weighted by Crippen LogP contribution is 2.28. The zero-order valence-corrected chi connectivity index (χ0v) is 12.9. The molecule has 0 unspecified atom stereocenters. The fourth-order valence-electron chi connectivity index (χ4n) is 1.64. The highest BCUT2D eigenvalue weighted by molar-refractivity contribution is 9.10. The van der Waals surface area contributed by atoms with Gasteiger partial charge in [-0.3, -0.25) is 0 Å². The summed E-state index contributed by atoms with van der Waals surface area (Å²) in [6.07, 6.45) is 1.67. The van der Waals surface area contributed by atoms with Gasteiger partial charge in [-0.2, -0.15) is 0 Å². The van der Waals surface area contributed by atoms with Gasteiger partial charge in [0.25, 0.3) is 0 Å². The van der Waals surface area contributed by atoms with Crippen molar-refractivity contribution < 1.29 is 9.15 Å². The van der Waals surface area contributed by atoms with Crippen LogP contribution in [0.1, 0.15) is 18.2 Å². The van der Waals surface area contributed by atoms with Gasteiger partial charge in [0.2, 0.25) is 0 Å². The van der Waals surface area contributed by atoms with Crippen LogP contribution in [0.2, 0.25) is 5.02 Å². The predicted molar refractivity (Wildman–Crippen MR) is 79.6 cm³/mol. The average Bonchev–Trinajstić information content (AvgIpc) is 2.85.